The normalized spacial score (nSPS) is 28.5. The van der Waals surface area contributed by atoms with Gasteiger partial charge >= 0.3 is 6.09 Å². The molecule has 218 valence electrons. The predicted octanol–water partition coefficient (Wildman–Crippen LogP) is 4.99. The van der Waals surface area contributed by atoms with Gasteiger partial charge in [-0.2, -0.15) is 4.98 Å². The molecule has 2 aromatic rings. The maximum absolute atomic E-state index is 11.5. The lowest BCUT2D eigenvalue weighted by molar-refractivity contribution is 0.0245. The molecule has 1 aliphatic heterocycles. The fraction of sp³-hybridized carbons (Fsp3) is 0.759. The number of hydrogen-bond acceptors (Lipinski definition) is 9. The summed E-state index contributed by atoms with van der Waals surface area (Å²) < 4.78 is 13.4. The average molecular weight is 553 g/mol. The number of anilines is 2. The molecular formula is C29H44N8O3. The highest BCUT2D eigenvalue weighted by molar-refractivity contribution is 5.98. The first-order valence-electron chi connectivity index (χ1n) is 15.3. The topological polar surface area (TPSA) is 144 Å². The van der Waals surface area contributed by atoms with Gasteiger partial charge in [-0.15, -0.1) is 0 Å². The third-order valence-corrected chi connectivity index (χ3v) is 10.0. The van der Waals surface area contributed by atoms with Gasteiger partial charge in [-0.3, -0.25) is 5.41 Å². The van der Waals surface area contributed by atoms with E-state index >= 15 is 0 Å². The van der Waals surface area contributed by atoms with Gasteiger partial charge in [0.2, 0.25) is 11.8 Å². The Kier molecular flexibility index (Phi) is 7.58. The molecule has 1 amide bonds. The summed E-state index contributed by atoms with van der Waals surface area (Å²) in [6, 6.07) is 0.689. The molecule has 3 aliphatic carbocycles. The number of hydrogen-bond donors (Lipinski definition) is 3. The number of carbonyl (C=O) groups is 1. The summed E-state index contributed by atoms with van der Waals surface area (Å²) in [4.78, 5) is 28.5. The molecule has 0 spiro atoms. The van der Waals surface area contributed by atoms with Crippen LogP contribution in [-0.2, 0) is 9.47 Å². The molecule has 11 heteroatoms. The number of primary amides is 1. The summed E-state index contributed by atoms with van der Waals surface area (Å²) in [5, 5.41) is 12.0. The van der Waals surface area contributed by atoms with Gasteiger partial charge in [0.15, 0.2) is 11.5 Å². The van der Waals surface area contributed by atoms with Gasteiger partial charge in [-0.25, -0.2) is 14.8 Å². The van der Waals surface area contributed by atoms with Crippen LogP contribution < -0.4 is 16.0 Å². The van der Waals surface area contributed by atoms with Crippen LogP contribution in [0.25, 0.3) is 11.2 Å². The lowest BCUT2D eigenvalue weighted by Crippen LogP contribution is -2.50. The number of carbonyl (C=O) groups excluding carboxylic acids is 1. The second-order valence-electron chi connectivity index (χ2n) is 12.6. The van der Waals surface area contributed by atoms with Gasteiger partial charge in [-0.05, 0) is 76.5 Å². The molecule has 0 bridgehead atoms. The minimum Gasteiger partial charge on any atom is -0.388 e. The van der Waals surface area contributed by atoms with Crippen LogP contribution in [0.15, 0.2) is 0 Å². The smallest absolute Gasteiger partial charge is 0.388 e. The third-order valence-electron chi connectivity index (χ3n) is 10.0. The molecule has 4 atom stereocenters. The predicted molar refractivity (Wildman–Crippen MR) is 154 cm³/mol. The molecule has 3 heterocycles. The Labute approximate surface area is 236 Å². The highest BCUT2D eigenvalue weighted by Crippen LogP contribution is 2.42. The molecule has 11 nitrogen and oxygen atoms in total. The van der Waals surface area contributed by atoms with Crippen LogP contribution in [0, 0.1) is 23.2 Å². The molecule has 0 aromatic carbocycles. The lowest BCUT2D eigenvalue weighted by atomic mass is 9.79. The van der Waals surface area contributed by atoms with Crippen molar-refractivity contribution in [2.45, 2.75) is 109 Å². The van der Waals surface area contributed by atoms with Crippen molar-refractivity contribution in [1.82, 2.24) is 19.5 Å². The molecule has 2 aromatic heterocycles. The van der Waals surface area contributed by atoms with Gasteiger partial charge in [0, 0.05) is 18.6 Å². The largest absolute Gasteiger partial charge is 0.411 e. The van der Waals surface area contributed by atoms with Gasteiger partial charge in [0.25, 0.3) is 5.90 Å². The lowest BCUT2D eigenvalue weighted by Gasteiger charge is -2.40. The van der Waals surface area contributed by atoms with E-state index in [-0.39, 0.29) is 30.1 Å². The number of imidazole rings is 1. The number of rotatable bonds is 7. The second kappa shape index (κ2) is 11.1. The van der Waals surface area contributed by atoms with E-state index in [1.165, 1.54) is 44.9 Å². The Morgan fingerprint density at radius 3 is 2.50 bits per heavy atom. The fourth-order valence-electron chi connectivity index (χ4n) is 7.35. The Morgan fingerprint density at radius 2 is 1.80 bits per heavy atom. The number of morpholine rings is 1. The summed E-state index contributed by atoms with van der Waals surface area (Å²) in [6.07, 6.45) is 11.0. The van der Waals surface area contributed by atoms with Crippen LogP contribution in [0.1, 0.15) is 96.8 Å². The van der Waals surface area contributed by atoms with E-state index in [4.69, 9.17) is 30.6 Å². The van der Waals surface area contributed by atoms with E-state index in [9.17, 15) is 4.79 Å². The van der Waals surface area contributed by atoms with Crippen LogP contribution in [0.5, 0.6) is 0 Å². The van der Waals surface area contributed by atoms with Crippen molar-refractivity contribution in [2.24, 2.45) is 23.5 Å². The number of ether oxygens (including phenoxy) is 2. The number of nitrogens with one attached hydrogen (secondary N) is 2. The Hall–Kier alpha value is -2.95. The van der Waals surface area contributed by atoms with Crippen LogP contribution in [0.2, 0.25) is 0 Å². The molecule has 3 unspecified atom stereocenters. The minimum atomic E-state index is -1.06. The zero-order valence-corrected chi connectivity index (χ0v) is 24.1. The van der Waals surface area contributed by atoms with Crippen molar-refractivity contribution in [2.75, 3.05) is 23.4 Å². The van der Waals surface area contributed by atoms with Crippen LogP contribution in [-0.4, -0.2) is 62.8 Å². The fourth-order valence-corrected chi connectivity index (χ4v) is 7.35. The minimum absolute atomic E-state index is 0.00525. The Balaban J connectivity index is 1.49. The summed E-state index contributed by atoms with van der Waals surface area (Å²) in [6.45, 7) is 8.33. The zero-order valence-electron chi connectivity index (χ0n) is 24.1. The van der Waals surface area contributed by atoms with Crippen molar-refractivity contribution in [3.05, 3.63) is 5.82 Å². The summed E-state index contributed by atoms with van der Waals surface area (Å²) in [5.74, 6) is 2.95. The average Bonchev–Trinajstić information content (AvgIpc) is 3.52. The number of nitrogens with two attached hydrogens (primary N) is 1. The van der Waals surface area contributed by atoms with E-state index < -0.39 is 12.0 Å². The Bertz CT molecular complexity index is 1250. The third kappa shape index (κ3) is 5.12. The first-order valence-corrected chi connectivity index (χ1v) is 15.3. The van der Waals surface area contributed by atoms with Crippen molar-refractivity contribution in [3.8, 4) is 0 Å². The van der Waals surface area contributed by atoms with Crippen molar-refractivity contribution in [1.29, 1.82) is 5.41 Å². The number of nitrogens with zero attached hydrogens (tertiary/aromatic N) is 5. The summed E-state index contributed by atoms with van der Waals surface area (Å²) in [7, 11) is 0. The van der Waals surface area contributed by atoms with Gasteiger partial charge < -0.3 is 30.0 Å². The molecule has 4 fully saturated rings. The van der Waals surface area contributed by atoms with E-state index in [0.717, 1.165) is 43.2 Å². The molecule has 4 N–H and O–H groups in total. The first kappa shape index (κ1) is 27.2. The maximum Gasteiger partial charge on any atom is 0.411 e. The maximum atomic E-state index is 11.5. The highest BCUT2D eigenvalue weighted by atomic mass is 16.6. The summed E-state index contributed by atoms with van der Waals surface area (Å²) >= 11 is 0. The van der Waals surface area contributed by atoms with Crippen LogP contribution in [0.3, 0.4) is 0 Å². The van der Waals surface area contributed by atoms with Gasteiger partial charge in [0.05, 0.1) is 18.8 Å². The monoisotopic (exact) mass is 552 g/mol. The number of fused-ring (bicyclic) bond motifs is 2. The molecule has 6 rings (SSSR count). The molecule has 1 saturated heterocycles. The molecule has 0 radical (unpaired) electrons. The van der Waals surface area contributed by atoms with E-state index in [1.54, 1.807) is 0 Å². The summed E-state index contributed by atoms with van der Waals surface area (Å²) in [5.41, 5.74) is 6.60. The van der Waals surface area contributed by atoms with E-state index in [0.29, 0.717) is 29.9 Å². The highest BCUT2D eigenvalue weighted by Gasteiger charge is 2.40. The number of amides is 1. The molecule has 4 aliphatic rings. The van der Waals surface area contributed by atoms with Crippen molar-refractivity contribution < 1.29 is 14.3 Å². The van der Waals surface area contributed by atoms with Crippen molar-refractivity contribution in [3.63, 3.8) is 0 Å². The quantitative estimate of drug-likeness (QED) is 0.322. The van der Waals surface area contributed by atoms with Gasteiger partial charge in [0.1, 0.15) is 5.52 Å². The van der Waals surface area contributed by atoms with Crippen LogP contribution in [0.4, 0.5) is 16.6 Å². The second-order valence-corrected chi connectivity index (χ2v) is 12.6. The standard InChI is InChI=1S/C29H44N8O3/c1-16-10-12-20(13-11-16)18(3)37-23-25(32-17(2)19-6-4-7-19)33-27(24(30)40-28(31)38)34-26(23)35-29(37)36-14-15-39-22-9-5-8-21(22)36/h16-22,30H,4-15H2,1-3H3,(H2,31,38)(H,32,33,34)/t16?,17-,18?,20?,21?,22?/m1/s1. The van der Waals surface area contributed by atoms with E-state index in [1.807, 2.05) is 0 Å². The van der Waals surface area contributed by atoms with E-state index in [2.05, 4.69) is 40.5 Å². The molecule has 40 heavy (non-hydrogen) atoms. The van der Waals surface area contributed by atoms with Crippen molar-refractivity contribution >= 4 is 34.9 Å². The zero-order chi connectivity index (χ0) is 28.0. The Morgan fingerprint density at radius 1 is 1.05 bits per heavy atom. The first-order chi connectivity index (χ1) is 19.3. The SMILES string of the molecule is CC1CCC(C(C)n2c(N3CCOC4CCCC43)nc3nc(C(=N)OC(N)=O)nc(N[C@H](C)C4CCC4)c32)CC1. The molecule has 3 saturated carbocycles. The van der Waals surface area contributed by atoms with Crippen LogP contribution >= 0.6 is 0 Å². The molecular weight excluding hydrogens is 508 g/mol. The van der Waals surface area contributed by atoms with Gasteiger partial charge in [-0.1, -0.05) is 26.2 Å². The number of aromatic nitrogens is 4.